The lowest BCUT2D eigenvalue weighted by Gasteiger charge is -2.23. The van der Waals surface area contributed by atoms with E-state index in [0.717, 1.165) is 16.5 Å². The number of ether oxygens (including phenoxy) is 1. The molecule has 0 bridgehead atoms. The van der Waals surface area contributed by atoms with Crippen molar-refractivity contribution in [3.63, 3.8) is 0 Å². The van der Waals surface area contributed by atoms with Gasteiger partial charge >= 0.3 is 0 Å². The van der Waals surface area contributed by atoms with E-state index in [-0.39, 0.29) is 12.5 Å². The fraction of sp³-hybridized carbons (Fsp3) is 0.364. The Hall–Kier alpha value is -2.53. The molecule has 3 N–H and O–H groups in total. The monoisotopic (exact) mass is 476 g/mol. The molecule has 3 rings (SSSR count). The smallest absolute Gasteiger partial charge is 0.240 e. The van der Waals surface area contributed by atoms with Crippen LogP contribution < -0.4 is 15.4 Å². The van der Waals surface area contributed by atoms with Gasteiger partial charge in [-0.05, 0) is 37.6 Å². The van der Waals surface area contributed by atoms with Crippen molar-refractivity contribution in [3.8, 4) is 0 Å². The van der Waals surface area contributed by atoms with Crippen molar-refractivity contribution in [2.75, 3.05) is 24.2 Å². The minimum Gasteiger partial charge on any atom is -0.374 e. The summed E-state index contributed by atoms with van der Waals surface area (Å²) in [5.74, 6) is -0.317. The van der Waals surface area contributed by atoms with E-state index in [4.69, 9.17) is 10.5 Å². The highest BCUT2D eigenvalue weighted by Gasteiger charge is 2.27. The fourth-order valence-corrected chi connectivity index (χ4v) is 4.34. The van der Waals surface area contributed by atoms with Gasteiger partial charge in [0, 0.05) is 7.05 Å². The van der Waals surface area contributed by atoms with Gasteiger partial charge < -0.3 is 15.8 Å². The zero-order valence-electron chi connectivity index (χ0n) is 18.5. The molecule has 1 atom stereocenters. The number of hydrogen-bond donors (Lipinski definition) is 2. The Kier molecular flexibility index (Phi) is 7.19. The fourth-order valence-electron chi connectivity index (χ4n) is 2.86. The van der Waals surface area contributed by atoms with Gasteiger partial charge in [0.25, 0.3) is 0 Å². The van der Waals surface area contributed by atoms with Gasteiger partial charge in [0.05, 0.1) is 40.9 Å². The van der Waals surface area contributed by atoms with Crippen LogP contribution in [0.4, 0.5) is 5.69 Å². The van der Waals surface area contributed by atoms with E-state index in [1.54, 1.807) is 26.0 Å². The molecule has 0 spiro atoms. The number of thiazole rings is 1. The summed E-state index contributed by atoms with van der Waals surface area (Å²) in [5, 5.41) is 3.59. The number of nitrogens with zero attached hydrogens (tertiary/aromatic N) is 2. The molecule has 2 aromatic carbocycles. The first kappa shape index (κ1) is 24.1. The first-order valence-electron chi connectivity index (χ1n) is 10.0. The third-order valence-electron chi connectivity index (χ3n) is 4.83. The number of fused-ring (bicyclic) bond motifs is 1. The lowest BCUT2D eigenvalue weighted by molar-refractivity contribution is -0.126. The van der Waals surface area contributed by atoms with Gasteiger partial charge in [-0.2, -0.15) is 0 Å². The lowest BCUT2D eigenvalue weighted by atomic mass is 10.1. The Morgan fingerprint density at radius 2 is 1.94 bits per heavy atom. The highest BCUT2D eigenvalue weighted by molar-refractivity contribution is 7.92. The second kappa shape index (κ2) is 9.53. The van der Waals surface area contributed by atoms with E-state index < -0.39 is 21.6 Å². The van der Waals surface area contributed by atoms with Crippen LogP contribution >= 0.6 is 11.3 Å². The SMILES string of the molecule is CN(c1ccc2sc(C(COCc3ccccc3)NC(=O)C(C)(C)N)nc2c1)S(C)(=O)=O. The zero-order valence-corrected chi connectivity index (χ0v) is 20.2. The maximum atomic E-state index is 12.6. The molecule has 0 radical (unpaired) electrons. The Morgan fingerprint density at radius 3 is 2.56 bits per heavy atom. The van der Waals surface area contributed by atoms with Crippen LogP contribution in [0.5, 0.6) is 0 Å². The molecule has 172 valence electrons. The lowest BCUT2D eigenvalue weighted by Crippen LogP contribution is -2.50. The molecular weight excluding hydrogens is 448 g/mol. The predicted octanol–water partition coefficient (Wildman–Crippen LogP) is 2.80. The van der Waals surface area contributed by atoms with Crippen molar-refractivity contribution in [2.45, 2.75) is 32.0 Å². The van der Waals surface area contributed by atoms with Gasteiger partial charge in [0.2, 0.25) is 15.9 Å². The van der Waals surface area contributed by atoms with Crippen molar-refractivity contribution >= 4 is 43.2 Å². The standard InChI is InChI=1S/C22H28N4O4S2/c1-22(2,23)21(27)25-18(14-30-13-15-8-6-5-7-9-15)20-24-17-12-16(10-11-19(17)31-20)26(3)32(4,28)29/h5-12,18H,13-14,23H2,1-4H3,(H,25,27). The molecule has 0 saturated carbocycles. The van der Waals surface area contributed by atoms with Gasteiger partial charge in [0.1, 0.15) is 11.0 Å². The number of hydrogen-bond acceptors (Lipinski definition) is 7. The molecule has 0 aliphatic rings. The number of carbonyl (C=O) groups is 1. The summed E-state index contributed by atoms with van der Waals surface area (Å²) in [6.45, 7) is 3.88. The van der Waals surface area contributed by atoms with E-state index >= 15 is 0 Å². The molecule has 0 aliphatic heterocycles. The molecule has 1 unspecified atom stereocenters. The summed E-state index contributed by atoms with van der Waals surface area (Å²) in [5.41, 5.74) is 7.09. The van der Waals surface area contributed by atoms with Gasteiger partial charge in [-0.3, -0.25) is 9.10 Å². The molecule has 10 heteroatoms. The zero-order chi connectivity index (χ0) is 23.5. The van der Waals surface area contributed by atoms with Crippen molar-refractivity contribution in [1.82, 2.24) is 10.3 Å². The van der Waals surface area contributed by atoms with Crippen LogP contribution in [0.1, 0.15) is 30.5 Å². The van der Waals surface area contributed by atoms with Crippen LogP contribution in [-0.2, 0) is 26.2 Å². The highest BCUT2D eigenvalue weighted by atomic mass is 32.2. The Bertz CT molecular complexity index is 1190. The van der Waals surface area contributed by atoms with Gasteiger partial charge in [-0.25, -0.2) is 13.4 Å². The summed E-state index contributed by atoms with van der Waals surface area (Å²) < 4.78 is 31.7. The minimum atomic E-state index is -3.39. The third kappa shape index (κ3) is 6.04. The topological polar surface area (TPSA) is 115 Å². The summed E-state index contributed by atoms with van der Waals surface area (Å²) >= 11 is 1.42. The first-order chi connectivity index (χ1) is 14.9. The average molecular weight is 477 g/mol. The molecule has 0 fully saturated rings. The molecule has 1 heterocycles. The molecule has 32 heavy (non-hydrogen) atoms. The summed E-state index contributed by atoms with van der Waals surface area (Å²) in [6.07, 6.45) is 1.15. The third-order valence-corrected chi connectivity index (χ3v) is 7.19. The Morgan fingerprint density at radius 1 is 1.25 bits per heavy atom. The van der Waals surface area contributed by atoms with E-state index in [0.29, 0.717) is 22.8 Å². The summed E-state index contributed by atoms with van der Waals surface area (Å²) in [4.78, 5) is 17.2. The normalized spacial score (nSPS) is 13.2. The number of nitrogens with one attached hydrogen (secondary N) is 1. The number of benzene rings is 2. The van der Waals surface area contributed by atoms with Gasteiger partial charge in [-0.1, -0.05) is 30.3 Å². The Labute approximate surface area is 192 Å². The molecule has 1 amide bonds. The number of aromatic nitrogens is 1. The molecule has 8 nitrogen and oxygen atoms in total. The molecule has 0 aliphatic carbocycles. The van der Waals surface area contributed by atoms with Crippen molar-refractivity contribution in [1.29, 1.82) is 0 Å². The molecule has 1 aromatic heterocycles. The van der Waals surface area contributed by atoms with Crippen LogP contribution in [-0.4, -0.2) is 44.8 Å². The van der Waals surface area contributed by atoms with Gasteiger partial charge in [-0.15, -0.1) is 11.3 Å². The van der Waals surface area contributed by atoms with Crippen LogP contribution in [0, 0.1) is 0 Å². The quantitative estimate of drug-likeness (QED) is 0.491. The van der Waals surface area contributed by atoms with Crippen LogP contribution in [0.25, 0.3) is 10.2 Å². The Balaban J connectivity index is 1.85. The molecule has 3 aromatic rings. The molecular formula is C22H28N4O4S2. The second-order valence-electron chi connectivity index (χ2n) is 8.18. The second-order valence-corrected chi connectivity index (χ2v) is 11.3. The maximum absolute atomic E-state index is 12.6. The van der Waals surface area contributed by atoms with E-state index in [1.165, 1.54) is 22.7 Å². The average Bonchev–Trinajstić information content (AvgIpc) is 3.15. The minimum absolute atomic E-state index is 0.215. The number of rotatable bonds is 9. The summed E-state index contributed by atoms with van der Waals surface area (Å²) in [6, 6.07) is 14.5. The van der Waals surface area contributed by atoms with Gasteiger partial charge in [0.15, 0.2) is 0 Å². The van der Waals surface area contributed by atoms with E-state index in [2.05, 4.69) is 10.3 Å². The highest BCUT2D eigenvalue weighted by Crippen LogP contribution is 2.30. The van der Waals surface area contributed by atoms with Crippen molar-refractivity contribution < 1.29 is 17.9 Å². The predicted molar refractivity (Wildman–Crippen MR) is 128 cm³/mol. The number of anilines is 1. The number of nitrogens with two attached hydrogens (primary N) is 1. The van der Waals surface area contributed by atoms with Crippen LogP contribution in [0.15, 0.2) is 48.5 Å². The number of carbonyl (C=O) groups excluding carboxylic acids is 1. The van der Waals surface area contributed by atoms with Crippen molar-refractivity contribution in [2.24, 2.45) is 5.73 Å². The van der Waals surface area contributed by atoms with Crippen LogP contribution in [0.2, 0.25) is 0 Å². The van der Waals surface area contributed by atoms with Crippen molar-refractivity contribution in [3.05, 3.63) is 59.1 Å². The largest absolute Gasteiger partial charge is 0.374 e. The van der Waals surface area contributed by atoms with Crippen LogP contribution in [0.3, 0.4) is 0 Å². The number of sulfonamides is 1. The van der Waals surface area contributed by atoms with E-state index in [9.17, 15) is 13.2 Å². The maximum Gasteiger partial charge on any atom is 0.240 e. The number of amides is 1. The summed E-state index contributed by atoms with van der Waals surface area (Å²) in [7, 11) is -1.89. The van der Waals surface area contributed by atoms with E-state index in [1.807, 2.05) is 36.4 Å². The molecule has 0 saturated heterocycles. The first-order valence-corrected chi connectivity index (χ1v) is 12.7.